The minimum atomic E-state index is 0.234. The smallest absolute Gasteiger partial charge is 0.233 e. The predicted molar refractivity (Wildman–Crippen MR) is 51.2 cm³/mol. The van der Waals surface area contributed by atoms with E-state index >= 15 is 0 Å². The summed E-state index contributed by atoms with van der Waals surface area (Å²) in [6, 6.07) is 3.72. The Balaban J connectivity index is 1.82. The van der Waals surface area contributed by atoms with Crippen LogP contribution in [0.25, 0.3) is 0 Å². The predicted octanol–water partition coefficient (Wildman–Crippen LogP) is 1.34. The largest absolute Gasteiger partial charge is 0.474 e. The lowest BCUT2D eigenvalue weighted by atomic mass is 10.2. The lowest BCUT2D eigenvalue weighted by Crippen LogP contribution is -2.16. The monoisotopic (exact) mass is 194 g/mol. The topological polar surface area (TPSA) is 44.2 Å². The third-order valence-corrected chi connectivity index (χ3v) is 2.21. The molecular weight excluding hydrogens is 180 g/mol. The van der Waals surface area contributed by atoms with Crippen molar-refractivity contribution in [1.82, 2.24) is 10.2 Å². The van der Waals surface area contributed by atoms with Crippen LogP contribution in [0.5, 0.6) is 5.88 Å². The molecule has 0 saturated carbocycles. The van der Waals surface area contributed by atoms with Crippen LogP contribution < -0.4 is 4.74 Å². The quantitative estimate of drug-likeness (QED) is 0.728. The van der Waals surface area contributed by atoms with Gasteiger partial charge in [-0.2, -0.15) is 5.10 Å². The minimum Gasteiger partial charge on any atom is -0.474 e. The zero-order valence-electron chi connectivity index (χ0n) is 8.27. The highest BCUT2D eigenvalue weighted by atomic mass is 16.5. The van der Waals surface area contributed by atoms with Gasteiger partial charge in [-0.25, -0.2) is 0 Å². The van der Waals surface area contributed by atoms with E-state index in [0.717, 1.165) is 25.1 Å². The van der Waals surface area contributed by atoms with E-state index in [1.807, 2.05) is 19.1 Å². The summed E-state index contributed by atoms with van der Waals surface area (Å²) in [6.45, 7) is 3.34. The van der Waals surface area contributed by atoms with Crippen molar-refractivity contribution >= 4 is 0 Å². The Morgan fingerprint density at radius 2 is 2.43 bits per heavy atom. The Labute approximate surface area is 83.3 Å². The highest BCUT2D eigenvalue weighted by molar-refractivity contribution is 5.10. The second-order valence-corrected chi connectivity index (χ2v) is 3.46. The molecule has 0 radical (unpaired) electrons. The van der Waals surface area contributed by atoms with Gasteiger partial charge in [0.25, 0.3) is 0 Å². The van der Waals surface area contributed by atoms with Gasteiger partial charge in [0.1, 0.15) is 6.61 Å². The van der Waals surface area contributed by atoms with Crippen LogP contribution in [-0.2, 0) is 4.74 Å². The molecule has 0 spiro atoms. The minimum absolute atomic E-state index is 0.234. The third kappa shape index (κ3) is 2.42. The SMILES string of the molecule is Cc1ccc(OCC2CCCO2)nn1. The van der Waals surface area contributed by atoms with Gasteiger partial charge in [-0.05, 0) is 25.8 Å². The van der Waals surface area contributed by atoms with E-state index in [2.05, 4.69) is 10.2 Å². The second kappa shape index (κ2) is 4.37. The molecule has 1 aromatic rings. The van der Waals surface area contributed by atoms with Crippen LogP contribution in [0.4, 0.5) is 0 Å². The normalized spacial score (nSPS) is 21.1. The third-order valence-electron chi connectivity index (χ3n) is 2.21. The summed E-state index contributed by atoms with van der Waals surface area (Å²) in [5.41, 5.74) is 0.898. The Morgan fingerprint density at radius 1 is 1.50 bits per heavy atom. The molecule has 14 heavy (non-hydrogen) atoms. The van der Waals surface area contributed by atoms with Crippen molar-refractivity contribution in [2.24, 2.45) is 0 Å². The average molecular weight is 194 g/mol. The zero-order chi connectivity index (χ0) is 9.80. The fourth-order valence-corrected chi connectivity index (χ4v) is 1.42. The molecule has 0 bridgehead atoms. The van der Waals surface area contributed by atoms with Crippen molar-refractivity contribution in [3.63, 3.8) is 0 Å². The van der Waals surface area contributed by atoms with E-state index in [9.17, 15) is 0 Å². The van der Waals surface area contributed by atoms with E-state index in [4.69, 9.17) is 9.47 Å². The molecule has 0 amide bonds. The van der Waals surface area contributed by atoms with Gasteiger partial charge < -0.3 is 9.47 Å². The number of nitrogens with zero attached hydrogens (tertiary/aromatic N) is 2. The Morgan fingerprint density at radius 3 is 3.07 bits per heavy atom. The molecule has 1 fully saturated rings. The maximum absolute atomic E-state index is 5.45. The summed E-state index contributed by atoms with van der Waals surface area (Å²) < 4.78 is 10.9. The average Bonchev–Trinajstić information content (AvgIpc) is 2.70. The highest BCUT2D eigenvalue weighted by Gasteiger charge is 2.16. The summed E-state index contributed by atoms with van der Waals surface area (Å²) in [5.74, 6) is 0.575. The van der Waals surface area contributed by atoms with E-state index < -0.39 is 0 Å². The van der Waals surface area contributed by atoms with Crippen LogP contribution in [0.15, 0.2) is 12.1 Å². The Hall–Kier alpha value is -1.16. The first-order chi connectivity index (χ1) is 6.84. The number of rotatable bonds is 3. The van der Waals surface area contributed by atoms with E-state index in [0.29, 0.717) is 12.5 Å². The molecular formula is C10H14N2O2. The molecule has 2 heterocycles. The second-order valence-electron chi connectivity index (χ2n) is 3.46. The molecule has 1 saturated heterocycles. The van der Waals surface area contributed by atoms with Crippen molar-refractivity contribution in [2.75, 3.05) is 13.2 Å². The first kappa shape index (κ1) is 9.40. The molecule has 4 heteroatoms. The van der Waals surface area contributed by atoms with Crippen LogP contribution in [0.1, 0.15) is 18.5 Å². The van der Waals surface area contributed by atoms with Crippen molar-refractivity contribution in [3.05, 3.63) is 17.8 Å². The highest BCUT2D eigenvalue weighted by Crippen LogP contribution is 2.13. The van der Waals surface area contributed by atoms with Crippen LogP contribution in [0.2, 0.25) is 0 Å². The Bertz CT molecular complexity index is 281. The van der Waals surface area contributed by atoms with Crippen LogP contribution in [0.3, 0.4) is 0 Å². The molecule has 76 valence electrons. The van der Waals surface area contributed by atoms with Gasteiger partial charge in [0.15, 0.2) is 0 Å². The lowest BCUT2D eigenvalue weighted by Gasteiger charge is -2.09. The molecule has 1 atom stereocenters. The molecule has 4 nitrogen and oxygen atoms in total. The maximum Gasteiger partial charge on any atom is 0.233 e. The van der Waals surface area contributed by atoms with E-state index in [-0.39, 0.29) is 6.10 Å². The van der Waals surface area contributed by atoms with Crippen LogP contribution >= 0.6 is 0 Å². The van der Waals surface area contributed by atoms with Crippen molar-refractivity contribution in [1.29, 1.82) is 0 Å². The van der Waals surface area contributed by atoms with Crippen molar-refractivity contribution in [3.8, 4) is 5.88 Å². The van der Waals surface area contributed by atoms with Crippen molar-refractivity contribution in [2.45, 2.75) is 25.9 Å². The zero-order valence-corrected chi connectivity index (χ0v) is 8.27. The molecule has 1 aliphatic rings. The summed E-state index contributed by atoms with van der Waals surface area (Å²) in [5, 5.41) is 7.82. The number of hydrogen-bond acceptors (Lipinski definition) is 4. The van der Waals surface area contributed by atoms with Crippen LogP contribution in [0, 0.1) is 6.92 Å². The number of aromatic nitrogens is 2. The standard InChI is InChI=1S/C10H14N2O2/c1-8-4-5-10(12-11-8)14-7-9-3-2-6-13-9/h4-5,9H,2-3,6-7H2,1H3. The molecule has 1 aliphatic heterocycles. The van der Waals surface area contributed by atoms with Gasteiger partial charge in [0.05, 0.1) is 11.8 Å². The van der Waals surface area contributed by atoms with Gasteiger partial charge in [0.2, 0.25) is 5.88 Å². The number of hydrogen-bond donors (Lipinski definition) is 0. The van der Waals surface area contributed by atoms with Gasteiger partial charge in [-0.15, -0.1) is 5.10 Å². The molecule has 0 N–H and O–H groups in total. The number of aryl methyl sites for hydroxylation is 1. The fourth-order valence-electron chi connectivity index (χ4n) is 1.42. The molecule has 1 aromatic heterocycles. The van der Waals surface area contributed by atoms with E-state index in [1.165, 1.54) is 0 Å². The molecule has 2 rings (SSSR count). The lowest BCUT2D eigenvalue weighted by molar-refractivity contribution is 0.0659. The van der Waals surface area contributed by atoms with E-state index in [1.54, 1.807) is 0 Å². The van der Waals surface area contributed by atoms with Crippen LogP contribution in [-0.4, -0.2) is 29.5 Å². The first-order valence-electron chi connectivity index (χ1n) is 4.89. The summed E-state index contributed by atoms with van der Waals surface area (Å²) in [7, 11) is 0. The molecule has 1 unspecified atom stereocenters. The molecule has 0 aliphatic carbocycles. The summed E-state index contributed by atoms with van der Waals surface area (Å²) >= 11 is 0. The van der Waals surface area contributed by atoms with Gasteiger partial charge in [-0.3, -0.25) is 0 Å². The van der Waals surface area contributed by atoms with Gasteiger partial charge in [-0.1, -0.05) is 0 Å². The molecule has 0 aromatic carbocycles. The maximum atomic E-state index is 5.45. The number of ether oxygens (including phenoxy) is 2. The van der Waals surface area contributed by atoms with Gasteiger partial charge in [0, 0.05) is 12.7 Å². The Kier molecular flexibility index (Phi) is 2.93. The first-order valence-corrected chi connectivity index (χ1v) is 4.89. The summed E-state index contributed by atoms with van der Waals surface area (Å²) in [4.78, 5) is 0. The summed E-state index contributed by atoms with van der Waals surface area (Å²) in [6.07, 6.45) is 2.45. The van der Waals surface area contributed by atoms with Crippen molar-refractivity contribution < 1.29 is 9.47 Å². The van der Waals surface area contributed by atoms with Gasteiger partial charge >= 0.3 is 0 Å². The fraction of sp³-hybridized carbons (Fsp3) is 0.600.